The number of amides is 1. The average Bonchev–Trinajstić information content (AvgIpc) is 3.50. The lowest BCUT2D eigenvalue weighted by molar-refractivity contribution is -0.145. The lowest BCUT2D eigenvalue weighted by Gasteiger charge is -2.32. The SMILES string of the molecule is Cn1c(C(=O)N[C@H]2C[C@H](C(=O)O)C2)cc(-c2cc(C(C)(C)C)cc(C3(C)CC3)c2)c1CC1CCCCC1. The fraction of sp³-hybridized carbons (Fsp3) is 0.625. The molecule has 0 bridgehead atoms. The zero-order valence-electron chi connectivity index (χ0n) is 23.3. The van der Waals surface area contributed by atoms with Crippen molar-refractivity contribution in [2.75, 3.05) is 0 Å². The first-order valence-electron chi connectivity index (χ1n) is 14.3. The molecule has 0 atom stereocenters. The Morgan fingerprint density at radius 3 is 2.32 bits per heavy atom. The number of nitrogens with one attached hydrogen (secondary N) is 1. The molecule has 0 aliphatic heterocycles. The van der Waals surface area contributed by atoms with E-state index in [-0.39, 0.29) is 28.7 Å². The normalized spacial score (nSPS) is 23.4. The first kappa shape index (κ1) is 26.1. The fourth-order valence-electron chi connectivity index (χ4n) is 6.26. The van der Waals surface area contributed by atoms with Gasteiger partial charge in [-0.3, -0.25) is 9.59 Å². The van der Waals surface area contributed by atoms with E-state index in [0.29, 0.717) is 24.5 Å². The molecule has 3 aliphatic carbocycles. The van der Waals surface area contributed by atoms with Crippen molar-refractivity contribution in [2.45, 2.75) is 109 Å². The molecule has 0 spiro atoms. The highest BCUT2D eigenvalue weighted by Crippen LogP contribution is 2.49. The molecule has 5 nitrogen and oxygen atoms in total. The monoisotopic (exact) mass is 504 g/mol. The van der Waals surface area contributed by atoms with Gasteiger partial charge in [0, 0.05) is 24.3 Å². The smallest absolute Gasteiger partial charge is 0.306 e. The number of carbonyl (C=O) groups excluding carboxylic acids is 1. The Morgan fingerprint density at radius 2 is 1.73 bits per heavy atom. The minimum Gasteiger partial charge on any atom is -0.481 e. The van der Waals surface area contributed by atoms with Crippen LogP contribution >= 0.6 is 0 Å². The van der Waals surface area contributed by atoms with Crippen molar-refractivity contribution >= 4 is 11.9 Å². The van der Waals surface area contributed by atoms with E-state index in [2.05, 4.69) is 61.8 Å². The Bertz CT molecular complexity index is 1160. The molecule has 3 saturated carbocycles. The van der Waals surface area contributed by atoms with E-state index in [1.54, 1.807) is 0 Å². The highest BCUT2D eigenvalue weighted by molar-refractivity contribution is 5.95. The third-order valence-electron chi connectivity index (χ3n) is 9.43. The Balaban J connectivity index is 1.52. The molecule has 1 aromatic carbocycles. The molecule has 5 heteroatoms. The minimum absolute atomic E-state index is 0.0411. The number of aliphatic carboxylic acids is 1. The maximum Gasteiger partial charge on any atom is 0.306 e. The number of nitrogens with zero attached hydrogens (tertiary/aromatic N) is 1. The van der Waals surface area contributed by atoms with Gasteiger partial charge in [0.15, 0.2) is 0 Å². The molecule has 5 rings (SSSR count). The van der Waals surface area contributed by atoms with E-state index >= 15 is 0 Å². The van der Waals surface area contributed by atoms with Crippen LogP contribution in [0.2, 0.25) is 0 Å². The highest BCUT2D eigenvalue weighted by Gasteiger charge is 2.40. The van der Waals surface area contributed by atoms with Crippen molar-refractivity contribution < 1.29 is 14.7 Å². The Labute approximate surface area is 222 Å². The van der Waals surface area contributed by atoms with Gasteiger partial charge in [-0.15, -0.1) is 0 Å². The zero-order chi connectivity index (χ0) is 26.5. The number of aromatic nitrogens is 1. The molecular formula is C32H44N2O3. The number of hydrogen-bond acceptors (Lipinski definition) is 2. The van der Waals surface area contributed by atoms with Crippen LogP contribution in [0.5, 0.6) is 0 Å². The van der Waals surface area contributed by atoms with Gasteiger partial charge in [0.25, 0.3) is 5.91 Å². The third-order valence-corrected chi connectivity index (χ3v) is 9.43. The molecule has 0 unspecified atom stereocenters. The van der Waals surface area contributed by atoms with Crippen molar-refractivity contribution in [3.63, 3.8) is 0 Å². The third kappa shape index (κ3) is 5.37. The molecule has 1 heterocycles. The second kappa shape index (κ2) is 9.63. The van der Waals surface area contributed by atoms with Gasteiger partial charge in [-0.25, -0.2) is 0 Å². The van der Waals surface area contributed by atoms with Crippen molar-refractivity contribution in [1.29, 1.82) is 0 Å². The average molecular weight is 505 g/mol. The molecule has 0 radical (unpaired) electrons. The van der Waals surface area contributed by atoms with E-state index in [1.165, 1.54) is 72.9 Å². The summed E-state index contributed by atoms with van der Waals surface area (Å²) in [6.45, 7) is 9.21. The van der Waals surface area contributed by atoms with Gasteiger partial charge in [-0.05, 0) is 71.6 Å². The summed E-state index contributed by atoms with van der Waals surface area (Å²) in [4.78, 5) is 24.6. The number of carbonyl (C=O) groups is 2. The van der Waals surface area contributed by atoms with Crippen LogP contribution in [0, 0.1) is 11.8 Å². The first-order chi connectivity index (χ1) is 17.4. The second-order valence-electron chi connectivity index (χ2n) is 13.4. The summed E-state index contributed by atoms with van der Waals surface area (Å²) in [5.41, 5.74) is 7.42. The van der Waals surface area contributed by atoms with Crippen molar-refractivity contribution in [3.8, 4) is 11.1 Å². The lowest BCUT2D eigenvalue weighted by Crippen LogP contribution is -2.47. The summed E-state index contributed by atoms with van der Waals surface area (Å²) in [6, 6.07) is 9.18. The molecule has 0 saturated heterocycles. The number of hydrogen-bond donors (Lipinski definition) is 2. The molecule has 2 N–H and O–H groups in total. The van der Waals surface area contributed by atoms with Crippen LogP contribution in [0.25, 0.3) is 11.1 Å². The molecule has 200 valence electrons. The maximum atomic E-state index is 13.4. The Kier molecular flexibility index (Phi) is 6.79. The molecule has 3 fully saturated rings. The first-order valence-corrected chi connectivity index (χ1v) is 14.3. The van der Waals surface area contributed by atoms with Gasteiger partial charge < -0.3 is 15.0 Å². The van der Waals surface area contributed by atoms with Gasteiger partial charge in [-0.1, -0.05) is 78.0 Å². The van der Waals surface area contributed by atoms with Crippen molar-refractivity contribution in [1.82, 2.24) is 9.88 Å². The van der Waals surface area contributed by atoms with Crippen LogP contribution in [0.15, 0.2) is 24.3 Å². The summed E-state index contributed by atoms with van der Waals surface area (Å²) >= 11 is 0. The van der Waals surface area contributed by atoms with Gasteiger partial charge in [0.05, 0.1) is 5.92 Å². The van der Waals surface area contributed by atoms with Crippen LogP contribution in [-0.4, -0.2) is 27.6 Å². The lowest BCUT2D eigenvalue weighted by atomic mass is 9.80. The molecule has 1 aromatic heterocycles. The zero-order valence-corrected chi connectivity index (χ0v) is 23.3. The predicted octanol–water partition coefficient (Wildman–Crippen LogP) is 6.76. The standard InChI is InChI=1S/C32H44N2O3/c1-31(2,3)23-14-21(15-24(18-23)32(4)11-12-32)26-19-28(29(35)33-25-16-22(17-25)30(36)37)34(5)27(26)13-20-9-7-6-8-10-20/h14-15,18-20,22,25H,6-13,16-17H2,1-5H3,(H,33,35)(H,36,37)/t22-,25-. The fourth-order valence-corrected chi connectivity index (χ4v) is 6.26. The number of carboxylic acid groups (broad SMARTS) is 1. The number of carboxylic acids is 1. The van der Waals surface area contributed by atoms with Crippen LogP contribution in [-0.2, 0) is 29.1 Å². The Morgan fingerprint density at radius 1 is 1.05 bits per heavy atom. The largest absolute Gasteiger partial charge is 0.481 e. The van der Waals surface area contributed by atoms with Gasteiger partial charge in [-0.2, -0.15) is 0 Å². The van der Waals surface area contributed by atoms with Crippen molar-refractivity contribution in [3.05, 3.63) is 46.8 Å². The summed E-state index contributed by atoms with van der Waals surface area (Å²) < 4.78 is 2.12. The number of rotatable bonds is 7. The molecule has 2 aromatic rings. The van der Waals surface area contributed by atoms with Crippen LogP contribution in [0.1, 0.15) is 113 Å². The Hall–Kier alpha value is -2.56. The second-order valence-corrected chi connectivity index (χ2v) is 13.4. The van der Waals surface area contributed by atoms with Gasteiger partial charge in [0.2, 0.25) is 0 Å². The molecule has 37 heavy (non-hydrogen) atoms. The quantitative estimate of drug-likeness (QED) is 0.438. The summed E-state index contributed by atoms with van der Waals surface area (Å²) in [5, 5.41) is 12.3. The van der Waals surface area contributed by atoms with Crippen LogP contribution in [0.4, 0.5) is 0 Å². The molecule has 1 amide bonds. The van der Waals surface area contributed by atoms with E-state index in [0.717, 1.165) is 6.42 Å². The highest BCUT2D eigenvalue weighted by atomic mass is 16.4. The topological polar surface area (TPSA) is 71.3 Å². The van der Waals surface area contributed by atoms with Crippen LogP contribution in [0.3, 0.4) is 0 Å². The number of benzene rings is 1. The minimum atomic E-state index is -0.764. The van der Waals surface area contributed by atoms with E-state index in [9.17, 15) is 14.7 Å². The summed E-state index contributed by atoms with van der Waals surface area (Å²) in [5.74, 6) is -0.529. The van der Waals surface area contributed by atoms with Crippen molar-refractivity contribution in [2.24, 2.45) is 18.9 Å². The maximum absolute atomic E-state index is 13.4. The van der Waals surface area contributed by atoms with E-state index in [4.69, 9.17) is 0 Å². The van der Waals surface area contributed by atoms with Crippen LogP contribution < -0.4 is 5.32 Å². The predicted molar refractivity (Wildman–Crippen MR) is 148 cm³/mol. The molecule has 3 aliphatic rings. The summed E-state index contributed by atoms with van der Waals surface area (Å²) in [6.07, 6.45) is 10.9. The van der Waals surface area contributed by atoms with E-state index < -0.39 is 5.97 Å². The summed E-state index contributed by atoms with van der Waals surface area (Å²) in [7, 11) is 2.04. The van der Waals surface area contributed by atoms with E-state index in [1.807, 2.05) is 7.05 Å². The van der Waals surface area contributed by atoms with Gasteiger partial charge >= 0.3 is 5.97 Å². The van der Waals surface area contributed by atoms with Gasteiger partial charge in [0.1, 0.15) is 5.69 Å². The molecular weight excluding hydrogens is 460 g/mol.